The van der Waals surface area contributed by atoms with Crippen molar-refractivity contribution in [3.05, 3.63) is 29.0 Å². The predicted octanol–water partition coefficient (Wildman–Crippen LogP) is 3.34. The summed E-state index contributed by atoms with van der Waals surface area (Å²) in [5.74, 6) is 0.725. The molecule has 0 amide bonds. The van der Waals surface area contributed by atoms with Crippen molar-refractivity contribution in [2.24, 2.45) is 0 Å². The zero-order valence-electron chi connectivity index (χ0n) is 12.4. The number of halogens is 3. The van der Waals surface area contributed by atoms with Crippen LogP contribution < -0.4 is 4.72 Å². The zero-order valence-corrected chi connectivity index (χ0v) is 14.1. The largest absolute Gasteiger partial charge is 0.598 e. The minimum Gasteiger partial charge on any atom is -0.598 e. The van der Waals surface area contributed by atoms with Crippen LogP contribution in [0.15, 0.2) is 18.3 Å². The molecule has 0 aliphatic carbocycles. The fourth-order valence-electron chi connectivity index (χ4n) is 1.74. The van der Waals surface area contributed by atoms with Crippen molar-refractivity contribution >= 4 is 22.9 Å². The lowest BCUT2D eigenvalue weighted by atomic mass is 10.2. The number of rotatable bonds is 6. The van der Waals surface area contributed by atoms with E-state index in [-0.39, 0.29) is 17.4 Å². The molecule has 0 saturated heterocycles. The number of hydrogen-bond acceptors (Lipinski definition) is 6. The van der Waals surface area contributed by atoms with Crippen LogP contribution >= 0.6 is 11.5 Å². The van der Waals surface area contributed by atoms with E-state index in [1.54, 1.807) is 6.92 Å². The Labute approximate surface area is 138 Å². The van der Waals surface area contributed by atoms with Gasteiger partial charge in [-0.05, 0) is 37.0 Å². The molecule has 0 saturated carbocycles. The molecule has 23 heavy (non-hydrogen) atoms. The Morgan fingerprint density at radius 3 is 2.83 bits per heavy atom. The van der Waals surface area contributed by atoms with Crippen molar-refractivity contribution in [2.75, 3.05) is 5.75 Å². The number of hydrogen-bond donors (Lipinski definition) is 1. The van der Waals surface area contributed by atoms with Gasteiger partial charge in [-0.1, -0.05) is 6.92 Å². The van der Waals surface area contributed by atoms with E-state index in [2.05, 4.69) is 19.1 Å². The van der Waals surface area contributed by atoms with Gasteiger partial charge in [-0.15, -0.1) is 4.72 Å². The molecule has 10 heteroatoms. The van der Waals surface area contributed by atoms with E-state index in [0.29, 0.717) is 10.8 Å². The van der Waals surface area contributed by atoms with E-state index in [4.69, 9.17) is 0 Å². The second kappa shape index (κ2) is 7.56. The van der Waals surface area contributed by atoms with E-state index in [0.717, 1.165) is 30.2 Å². The van der Waals surface area contributed by atoms with Gasteiger partial charge in [-0.3, -0.25) is 4.98 Å². The van der Waals surface area contributed by atoms with Crippen LogP contribution in [0.3, 0.4) is 0 Å². The third-order valence-corrected chi connectivity index (χ3v) is 5.11. The van der Waals surface area contributed by atoms with Crippen molar-refractivity contribution in [1.29, 1.82) is 0 Å². The molecule has 2 atom stereocenters. The lowest BCUT2D eigenvalue weighted by molar-refractivity contribution is -0.141. The molecule has 2 rings (SSSR count). The summed E-state index contributed by atoms with van der Waals surface area (Å²) >= 11 is -0.105. The van der Waals surface area contributed by atoms with Gasteiger partial charge in [0.15, 0.2) is 5.82 Å². The van der Waals surface area contributed by atoms with Crippen LogP contribution in [0, 0.1) is 0 Å². The first kappa shape index (κ1) is 18.1. The molecule has 0 aliphatic rings. The van der Waals surface area contributed by atoms with Crippen LogP contribution in [-0.2, 0) is 17.5 Å². The highest BCUT2D eigenvalue weighted by atomic mass is 32.2. The monoisotopic (exact) mass is 364 g/mol. The molecule has 0 fully saturated rings. The number of alkyl halides is 3. The molecule has 2 heterocycles. The van der Waals surface area contributed by atoms with Gasteiger partial charge in [-0.2, -0.15) is 17.5 Å². The highest BCUT2D eigenvalue weighted by Crippen LogP contribution is 2.30. The summed E-state index contributed by atoms with van der Waals surface area (Å²) in [5, 5.41) is 0.565. The zero-order chi connectivity index (χ0) is 17.0. The van der Waals surface area contributed by atoms with Crippen molar-refractivity contribution in [1.82, 2.24) is 19.1 Å². The van der Waals surface area contributed by atoms with Gasteiger partial charge in [0.2, 0.25) is 0 Å². The Morgan fingerprint density at radius 1 is 1.43 bits per heavy atom. The van der Waals surface area contributed by atoms with Crippen LogP contribution in [0.25, 0.3) is 11.4 Å². The summed E-state index contributed by atoms with van der Waals surface area (Å²) in [6.45, 7) is 3.71. The number of nitrogens with zero attached hydrogens (tertiary/aromatic N) is 3. The molecule has 0 bridgehead atoms. The number of nitrogens with one attached hydrogen (secondary N) is 1. The molecule has 0 radical (unpaired) electrons. The van der Waals surface area contributed by atoms with Crippen LogP contribution in [0.4, 0.5) is 13.2 Å². The maximum atomic E-state index is 12.7. The molecule has 0 aromatic carbocycles. The normalized spacial score (nSPS) is 14.7. The Kier molecular flexibility index (Phi) is 5.95. The van der Waals surface area contributed by atoms with Gasteiger partial charge in [0.1, 0.15) is 22.5 Å². The first-order valence-corrected chi connectivity index (χ1v) is 8.92. The fraction of sp³-hybridized carbons (Fsp3) is 0.462. The van der Waals surface area contributed by atoms with Crippen LogP contribution in [0.2, 0.25) is 0 Å². The first-order valence-electron chi connectivity index (χ1n) is 6.83. The van der Waals surface area contributed by atoms with Gasteiger partial charge in [0.05, 0.1) is 0 Å². The maximum Gasteiger partial charge on any atom is 0.433 e. The van der Waals surface area contributed by atoms with E-state index in [9.17, 15) is 17.7 Å². The Hall–Kier alpha value is -1.23. The number of aromatic nitrogens is 3. The molecule has 2 unspecified atom stereocenters. The maximum absolute atomic E-state index is 12.7. The van der Waals surface area contributed by atoms with E-state index in [1.807, 2.05) is 6.92 Å². The minimum atomic E-state index is -4.51. The van der Waals surface area contributed by atoms with Gasteiger partial charge in [-0.25, -0.2) is 4.98 Å². The van der Waals surface area contributed by atoms with Gasteiger partial charge < -0.3 is 4.55 Å². The molecule has 0 spiro atoms. The molecule has 5 nitrogen and oxygen atoms in total. The van der Waals surface area contributed by atoms with Crippen LogP contribution in [0.5, 0.6) is 0 Å². The van der Waals surface area contributed by atoms with Crippen molar-refractivity contribution < 1.29 is 17.7 Å². The lowest BCUT2D eigenvalue weighted by Crippen LogP contribution is -2.28. The second-order valence-corrected chi connectivity index (χ2v) is 6.89. The second-order valence-electron chi connectivity index (χ2n) is 4.77. The molecule has 2 aromatic heterocycles. The Balaban J connectivity index is 2.16. The average Bonchev–Trinajstić information content (AvgIpc) is 2.96. The van der Waals surface area contributed by atoms with Gasteiger partial charge >= 0.3 is 6.18 Å². The van der Waals surface area contributed by atoms with Crippen LogP contribution in [-0.4, -0.2) is 24.6 Å². The Morgan fingerprint density at radius 2 is 2.17 bits per heavy atom. The third-order valence-electron chi connectivity index (χ3n) is 2.82. The highest BCUT2D eigenvalue weighted by Gasteiger charge is 2.32. The molecule has 0 aliphatic heterocycles. The topological polar surface area (TPSA) is 73.8 Å². The quantitative estimate of drug-likeness (QED) is 0.796. The molecule has 126 valence electrons. The summed E-state index contributed by atoms with van der Waals surface area (Å²) < 4.78 is 56.7. The molecule has 1 N–H and O–H groups in total. The summed E-state index contributed by atoms with van der Waals surface area (Å²) in [6.07, 6.45) is -2.65. The minimum absolute atomic E-state index is 0.202. The van der Waals surface area contributed by atoms with E-state index >= 15 is 0 Å². The van der Waals surface area contributed by atoms with Crippen molar-refractivity contribution in [3.8, 4) is 11.4 Å². The summed E-state index contributed by atoms with van der Waals surface area (Å²) in [6, 6.07) is 2.05. The van der Waals surface area contributed by atoms with Crippen molar-refractivity contribution in [3.63, 3.8) is 0 Å². The van der Waals surface area contributed by atoms with Gasteiger partial charge in [0.25, 0.3) is 0 Å². The fourth-order valence-corrected chi connectivity index (χ4v) is 3.48. The highest BCUT2D eigenvalue weighted by molar-refractivity contribution is 7.89. The van der Waals surface area contributed by atoms with Crippen LogP contribution in [0.1, 0.15) is 37.0 Å². The smallest absolute Gasteiger partial charge is 0.433 e. The molecular weight excluding hydrogens is 349 g/mol. The lowest BCUT2D eigenvalue weighted by Gasteiger charge is -2.13. The first-order chi connectivity index (χ1) is 10.8. The Bertz CT molecular complexity index is 650. The third kappa shape index (κ3) is 4.87. The van der Waals surface area contributed by atoms with E-state index in [1.165, 1.54) is 6.07 Å². The predicted molar refractivity (Wildman–Crippen MR) is 83.0 cm³/mol. The standard InChI is InChI=1S/C13H15F3N4OS2/c1-3-6-23(21)20-8(2)12-18-11(19-22-12)9-4-5-17-10(7-9)13(14,15)16/h4-5,7-8,20H,3,6H2,1-2H3. The van der Waals surface area contributed by atoms with Gasteiger partial charge in [0, 0.05) is 23.1 Å². The summed E-state index contributed by atoms with van der Waals surface area (Å²) in [4.78, 5) is 7.54. The van der Waals surface area contributed by atoms with E-state index < -0.39 is 23.2 Å². The number of pyridine rings is 1. The summed E-state index contributed by atoms with van der Waals surface area (Å²) in [7, 11) is 0. The SMILES string of the molecule is CCC[S+]([O-])NC(C)c1nc(-c2ccnc(C(F)(F)F)c2)ns1. The molecule has 2 aromatic rings. The summed E-state index contributed by atoms with van der Waals surface area (Å²) in [5.41, 5.74) is -0.738. The average molecular weight is 364 g/mol. The molecular formula is C13H15F3N4OS2. The van der Waals surface area contributed by atoms with Crippen molar-refractivity contribution in [2.45, 2.75) is 32.5 Å².